The highest BCUT2D eigenvalue weighted by molar-refractivity contribution is 6.32. The molecule has 5 heterocycles. The Morgan fingerprint density at radius 1 is 0.829 bits per heavy atom. The maximum atomic E-state index is 14.2. The van der Waals surface area contributed by atoms with Gasteiger partial charge in [-0.05, 0) is 107 Å². The predicted molar refractivity (Wildman–Crippen MR) is 269 cm³/mol. The van der Waals surface area contributed by atoms with Crippen molar-refractivity contribution in [2.45, 2.75) is 91.6 Å². The number of nitrogens with zero attached hydrogens (tertiary/aromatic N) is 6. The summed E-state index contributed by atoms with van der Waals surface area (Å²) in [7, 11) is 1.96. The van der Waals surface area contributed by atoms with E-state index in [1.54, 1.807) is 24.3 Å². The van der Waals surface area contributed by atoms with E-state index >= 15 is 0 Å². The molecule has 0 bridgehead atoms. The van der Waals surface area contributed by atoms with E-state index in [1.165, 1.54) is 0 Å². The topological polar surface area (TPSA) is 158 Å². The van der Waals surface area contributed by atoms with Crippen molar-refractivity contribution in [3.8, 4) is 22.6 Å². The van der Waals surface area contributed by atoms with Crippen molar-refractivity contribution in [2.75, 3.05) is 59.1 Å². The van der Waals surface area contributed by atoms with Gasteiger partial charge in [-0.15, -0.1) is 0 Å². The number of ether oxygens (including phenoxy) is 3. The lowest BCUT2D eigenvalue weighted by atomic mass is 9.98. The molecule has 3 aromatic carbocycles. The highest BCUT2D eigenvalue weighted by Crippen LogP contribution is 2.39. The minimum absolute atomic E-state index is 0.0649. The molecule has 0 spiro atoms. The molecule has 1 unspecified atom stereocenters. The maximum absolute atomic E-state index is 14.2. The number of halogens is 1. The molecule has 2 fully saturated rings. The van der Waals surface area contributed by atoms with Crippen molar-refractivity contribution in [3.63, 3.8) is 0 Å². The number of nitrogens with one attached hydrogen (secondary N) is 1. The Labute approximate surface area is 414 Å². The smallest absolute Gasteiger partial charge is 0.355 e. The number of rotatable bonds is 21. The molecule has 2 aromatic heterocycles. The summed E-state index contributed by atoms with van der Waals surface area (Å²) < 4.78 is 22.2. The van der Waals surface area contributed by atoms with Gasteiger partial charge in [0.2, 0.25) is 11.8 Å². The van der Waals surface area contributed by atoms with Gasteiger partial charge in [0.1, 0.15) is 29.8 Å². The molecule has 8 rings (SSSR count). The molecule has 3 aliphatic heterocycles. The van der Waals surface area contributed by atoms with Crippen LogP contribution in [0.1, 0.15) is 104 Å². The Balaban J connectivity index is 0.871. The van der Waals surface area contributed by atoms with Crippen LogP contribution in [0, 0.1) is 27.7 Å². The molecule has 3 aliphatic rings. The van der Waals surface area contributed by atoms with Gasteiger partial charge >= 0.3 is 5.97 Å². The molecule has 4 amide bonds. The van der Waals surface area contributed by atoms with Crippen molar-refractivity contribution in [1.29, 1.82) is 0 Å². The monoisotopic (exact) mass is 973 g/mol. The number of amides is 4. The van der Waals surface area contributed by atoms with Crippen molar-refractivity contribution < 1.29 is 38.2 Å². The summed E-state index contributed by atoms with van der Waals surface area (Å²) in [6, 6.07) is 14.2. The molecule has 1 N–H and O–H groups in total. The number of imide groups is 2. The van der Waals surface area contributed by atoms with Crippen LogP contribution in [0.4, 0.5) is 0 Å². The second kappa shape index (κ2) is 22.2. The number of esters is 1. The summed E-state index contributed by atoms with van der Waals surface area (Å²) in [5, 5.41) is 8.77. The third-order valence-corrected chi connectivity index (χ3v) is 14.5. The Morgan fingerprint density at radius 3 is 2.21 bits per heavy atom. The predicted octanol–water partition coefficient (Wildman–Crippen LogP) is 7.94. The van der Waals surface area contributed by atoms with Gasteiger partial charge in [0.15, 0.2) is 0 Å². The number of hydrogen-bond donors (Lipinski definition) is 1. The fraction of sp³-hybridized carbons (Fsp3) is 0.444. The van der Waals surface area contributed by atoms with Gasteiger partial charge in [-0.2, -0.15) is 5.10 Å². The minimum atomic E-state index is -1.02. The molecule has 0 saturated carbocycles. The molecule has 16 heteroatoms. The van der Waals surface area contributed by atoms with Crippen molar-refractivity contribution in [3.05, 3.63) is 111 Å². The van der Waals surface area contributed by atoms with Crippen LogP contribution < -0.4 is 14.8 Å². The van der Waals surface area contributed by atoms with Crippen molar-refractivity contribution in [2.24, 2.45) is 7.05 Å². The van der Waals surface area contributed by atoms with Gasteiger partial charge in [0, 0.05) is 80.0 Å². The number of fused-ring (bicyclic) bond motifs is 2. The van der Waals surface area contributed by atoms with Gasteiger partial charge in [-0.1, -0.05) is 61.4 Å². The average Bonchev–Trinajstić information content (AvgIpc) is 3.90. The number of piperidine rings is 1. The van der Waals surface area contributed by atoms with E-state index in [-0.39, 0.29) is 36.5 Å². The van der Waals surface area contributed by atoms with E-state index in [1.807, 2.05) is 44.6 Å². The number of piperazine rings is 1. The number of para-hydroxylation sites is 1. The Kier molecular flexibility index (Phi) is 15.9. The first-order chi connectivity index (χ1) is 33.8. The minimum Gasteiger partial charge on any atom is -0.494 e. The van der Waals surface area contributed by atoms with Crippen LogP contribution in [0.5, 0.6) is 11.5 Å². The van der Waals surface area contributed by atoms with Gasteiger partial charge < -0.3 is 23.7 Å². The lowest BCUT2D eigenvalue weighted by Gasteiger charge is -2.35. The van der Waals surface area contributed by atoms with Crippen LogP contribution in [0.2, 0.25) is 5.02 Å². The molecular formula is C54H64ClN7O8. The number of unbranched alkanes of at least 4 members (excludes halogenated alkanes) is 3. The van der Waals surface area contributed by atoms with E-state index in [4.69, 9.17) is 30.9 Å². The first-order valence-electron chi connectivity index (χ1n) is 24.5. The van der Waals surface area contributed by atoms with Crippen LogP contribution in [-0.4, -0.2) is 124 Å². The number of carbonyl (C=O) groups excluding carboxylic acids is 5. The molecular weight excluding hydrogens is 910 g/mol. The second-order valence-corrected chi connectivity index (χ2v) is 19.0. The molecule has 0 aliphatic carbocycles. The summed E-state index contributed by atoms with van der Waals surface area (Å²) in [5.41, 5.74) is 8.92. The van der Waals surface area contributed by atoms with E-state index in [9.17, 15) is 24.0 Å². The zero-order valence-electron chi connectivity index (χ0n) is 41.0. The van der Waals surface area contributed by atoms with E-state index in [0.717, 1.165) is 131 Å². The Hall–Kier alpha value is -6.29. The van der Waals surface area contributed by atoms with Crippen LogP contribution in [0.25, 0.3) is 22.0 Å². The van der Waals surface area contributed by atoms with Crippen LogP contribution in [0.15, 0.2) is 61.2 Å². The molecule has 1 atom stereocenters. The third-order valence-electron chi connectivity index (χ3n) is 13.9. The summed E-state index contributed by atoms with van der Waals surface area (Å²) in [5.74, 6) is -1.43. The largest absolute Gasteiger partial charge is 0.494 e. The number of hydrogen-bond acceptors (Lipinski definition) is 11. The summed E-state index contributed by atoms with van der Waals surface area (Å²) in [4.78, 5) is 71.0. The van der Waals surface area contributed by atoms with Gasteiger partial charge in [0.25, 0.3) is 11.8 Å². The molecule has 370 valence electrons. The normalized spacial score (nSPS) is 16.5. The summed E-state index contributed by atoms with van der Waals surface area (Å²) in [6.45, 7) is 18.9. The lowest BCUT2D eigenvalue weighted by Crippen LogP contribution is -2.54. The first-order valence-corrected chi connectivity index (χ1v) is 24.9. The molecule has 2 saturated heterocycles. The van der Waals surface area contributed by atoms with Crippen LogP contribution in [-0.2, 0) is 34.3 Å². The average molecular weight is 975 g/mol. The number of benzene rings is 3. The standard InChI is InChI=1S/C54H64ClN7O8/c1-7-29-70-54(67)50-40(18-14-31-68-38-32-34(2)48(55)35(3)33-38)39-15-12-16-41(46-36(4)57-58(6)37(46)5)49(39)61(50)28-27-60-25-23-59(24-26-60)22-10-8-9-11-30-69-44-19-13-17-42-47(44)53(66)62(52(42)65)43-20-21-45(63)56-51(43)64/h7,12-13,15-17,19,32-33,43H,1,8-11,14,18,20-31H2,2-6H3,(H,56,63,64). The first kappa shape index (κ1) is 50.1. The molecule has 0 radical (unpaired) electrons. The SMILES string of the molecule is C=CCOC(=O)c1c(CCCOc2cc(C)c(Cl)c(C)c2)c2cccc(-c3c(C)nn(C)c3C)c2n1CCN1CCN(CCCCCCOc2cccc3c2C(=O)N(C2CCC(=O)NC2=O)C3=O)CC1. The number of carbonyl (C=O) groups is 5. The second-order valence-electron chi connectivity index (χ2n) is 18.6. The number of aromatic nitrogens is 3. The molecule has 15 nitrogen and oxygen atoms in total. The highest BCUT2D eigenvalue weighted by Gasteiger charge is 2.46. The number of aryl methyl sites for hydroxylation is 5. The third kappa shape index (κ3) is 10.6. The zero-order valence-corrected chi connectivity index (χ0v) is 41.8. The van der Waals surface area contributed by atoms with Crippen molar-refractivity contribution in [1.82, 2.24) is 34.4 Å². The fourth-order valence-electron chi connectivity index (χ4n) is 10.2. The quantitative estimate of drug-likeness (QED) is 0.0330. The van der Waals surface area contributed by atoms with Gasteiger partial charge in [-0.3, -0.25) is 39.0 Å². The molecule has 70 heavy (non-hydrogen) atoms. The van der Waals surface area contributed by atoms with Crippen LogP contribution in [0.3, 0.4) is 0 Å². The van der Waals surface area contributed by atoms with E-state index in [0.29, 0.717) is 44.0 Å². The molecule has 5 aromatic rings. The zero-order chi connectivity index (χ0) is 49.6. The van der Waals surface area contributed by atoms with E-state index < -0.39 is 29.7 Å². The van der Waals surface area contributed by atoms with Crippen LogP contribution >= 0.6 is 11.6 Å². The summed E-state index contributed by atoms with van der Waals surface area (Å²) in [6.07, 6.45) is 6.86. The lowest BCUT2D eigenvalue weighted by molar-refractivity contribution is -0.136. The van der Waals surface area contributed by atoms with Gasteiger partial charge in [0.05, 0.1) is 35.6 Å². The fourth-order valence-corrected chi connectivity index (χ4v) is 10.4. The Bertz CT molecular complexity index is 2800. The van der Waals surface area contributed by atoms with Gasteiger partial charge in [-0.25, -0.2) is 4.79 Å². The maximum Gasteiger partial charge on any atom is 0.355 e. The van der Waals surface area contributed by atoms with Crippen molar-refractivity contribution >= 4 is 52.1 Å². The highest BCUT2D eigenvalue weighted by atomic mass is 35.5. The Morgan fingerprint density at radius 2 is 1.51 bits per heavy atom. The summed E-state index contributed by atoms with van der Waals surface area (Å²) >= 11 is 6.43. The van der Waals surface area contributed by atoms with E-state index in [2.05, 4.69) is 51.4 Å².